The van der Waals surface area contributed by atoms with Crippen LogP contribution in [0.25, 0.3) is 17.2 Å². The molecule has 0 aliphatic carbocycles. The van der Waals surface area contributed by atoms with E-state index in [0.717, 1.165) is 22.6 Å². The van der Waals surface area contributed by atoms with Crippen molar-refractivity contribution >= 4 is 15.7 Å². The molecule has 1 aromatic carbocycles. The number of hydrogen-bond donors (Lipinski definition) is 2. The molecule has 0 unspecified atom stereocenters. The summed E-state index contributed by atoms with van der Waals surface area (Å²) < 4.78 is 62.8. The number of alkyl halides is 3. The quantitative estimate of drug-likeness (QED) is 0.695. The summed E-state index contributed by atoms with van der Waals surface area (Å²) in [5.41, 5.74) is 1.13. The molecule has 142 valence electrons. The third kappa shape index (κ3) is 3.90. The van der Waals surface area contributed by atoms with Gasteiger partial charge in [0.1, 0.15) is 4.90 Å². The molecule has 8 nitrogen and oxygen atoms in total. The van der Waals surface area contributed by atoms with E-state index in [1.54, 1.807) is 31.3 Å². The van der Waals surface area contributed by atoms with Gasteiger partial charge in [-0.05, 0) is 36.4 Å². The molecule has 0 radical (unpaired) electrons. The number of nitrogens with zero attached hydrogens (tertiary/aromatic N) is 4. The van der Waals surface area contributed by atoms with Crippen molar-refractivity contribution in [2.24, 2.45) is 5.14 Å². The first-order valence-corrected chi connectivity index (χ1v) is 8.96. The van der Waals surface area contributed by atoms with Gasteiger partial charge in [0.15, 0.2) is 11.6 Å². The normalized spacial score (nSPS) is 12.2. The zero-order valence-corrected chi connectivity index (χ0v) is 14.6. The van der Waals surface area contributed by atoms with E-state index in [2.05, 4.69) is 20.4 Å². The van der Waals surface area contributed by atoms with Crippen molar-refractivity contribution in [1.82, 2.24) is 19.7 Å². The van der Waals surface area contributed by atoms with Gasteiger partial charge in [0.25, 0.3) is 5.82 Å². The largest absolute Gasteiger partial charge is 0.453 e. The molecule has 0 fully saturated rings. The second kappa shape index (κ2) is 6.63. The molecule has 0 atom stereocenters. The minimum atomic E-state index is -4.76. The van der Waals surface area contributed by atoms with Gasteiger partial charge in [0.2, 0.25) is 10.0 Å². The van der Waals surface area contributed by atoms with E-state index in [4.69, 9.17) is 5.14 Å². The Morgan fingerprint density at radius 1 is 1.11 bits per heavy atom. The molecule has 2 aromatic heterocycles. The lowest BCUT2D eigenvalue weighted by atomic mass is 10.2. The fraction of sp³-hybridized carbons (Fsp3) is 0.133. The van der Waals surface area contributed by atoms with Gasteiger partial charge in [-0.25, -0.2) is 23.5 Å². The Bertz CT molecular complexity index is 1060. The number of benzene rings is 1. The molecular formula is C15H13F3N6O2S. The Balaban J connectivity index is 2.14. The SMILES string of the molecule is CNc1ccc(-c2nc(C(F)(F)F)nn2-c2ccc(S(N)(=O)=O)cn2)cc1. The summed E-state index contributed by atoms with van der Waals surface area (Å²) in [7, 11) is -2.28. The fourth-order valence-corrected chi connectivity index (χ4v) is 2.69. The highest BCUT2D eigenvalue weighted by Gasteiger charge is 2.37. The van der Waals surface area contributed by atoms with Crippen LogP contribution in [0.4, 0.5) is 18.9 Å². The van der Waals surface area contributed by atoms with E-state index < -0.39 is 22.0 Å². The molecule has 27 heavy (non-hydrogen) atoms. The van der Waals surface area contributed by atoms with Crippen molar-refractivity contribution in [3.05, 3.63) is 48.4 Å². The van der Waals surface area contributed by atoms with E-state index >= 15 is 0 Å². The van der Waals surface area contributed by atoms with Gasteiger partial charge in [0, 0.05) is 24.5 Å². The molecule has 3 rings (SSSR count). The first-order chi connectivity index (χ1) is 12.6. The predicted molar refractivity (Wildman–Crippen MR) is 90.5 cm³/mol. The minimum absolute atomic E-state index is 0.0434. The molecule has 12 heteroatoms. The number of halogens is 3. The Labute approximate surface area is 151 Å². The van der Waals surface area contributed by atoms with E-state index in [1.165, 1.54) is 6.07 Å². The lowest BCUT2D eigenvalue weighted by molar-refractivity contribution is -0.144. The Morgan fingerprint density at radius 2 is 1.78 bits per heavy atom. The average molecular weight is 398 g/mol. The number of nitrogens with one attached hydrogen (secondary N) is 1. The first kappa shape index (κ1) is 18.8. The van der Waals surface area contributed by atoms with Crippen LogP contribution >= 0.6 is 0 Å². The summed E-state index contributed by atoms with van der Waals surface area (Å²) in [5, 5.41) is 11.4. The average Bonchev–Trinajstić information content (AvgIpc) is 3.07. The maximum atomic E-state index is 13.1. The molecule has 0 aliphatic heterocycles. The number of anilines is 1. The van der Waals surface area contributed by atoms with Gasteiger partial charge in [-0.2, -0.15) is 17.9 Å². The molecule has 0 amide bonds. The highest BCUT2D eigenvalue weighted by atomic mass is 32.2. The van der Waals surface area contributed by atoms with Crippen molar-refractivity contribution in [1.29, 1.82) is 0 Å². The third-order valence-corrected chi connectivity index (χ3v) is 4.46. The summed E-state index contributed by atoms with van der Waals surface area (Å²) in [4.78, 5) is 7.15. The summed E-state index contributed by atoms with van der Waals surface area (Å²) >= 11 is 0. The highest BCUT2D eigenvalue weighted by Crippen LogP contribution is 2.30. The van der Waals surface area contributed by atoms with Gasteiger partial charge in [0.05, 0.1) is 0 Å². The Hall–Kier alpha value is -2.99. The zero-order chi connectivity index (χ0) is 19.8. The van der Waals surface area contributed by atoms with Gasteiger partial charge >= 0.3 is 6.18 Å². The van der Waals surface area contributed by atoms with Crippen LogP contribution in [0.15, 0.2) is 47.5 Å². The number of pyridine rings is 1. The number of primary sulfonamides is 1. The van der Waals surface area contributed by atoms with Crippen molar-refractivity contribution in [3.63, 3.8) is 0 Å². The third-order valence-electron chi connectivity index (χ3n) is 3.56. The van der Waals surface area contributed by atoms with Crippen LogP contribution in [-0.2, 0) is 16.2 Å². The van der Waals surface area contributed by atoms with E-state index in [0.29, 0.717) is 5.56 Å². The summed E-state index contributed by atoms with van der Waals surface area (Å²) in [5.74, 6) is -1.48. The van der Waals surface area contributed by atoms with Gasteiger partial charge in [-0.1, -0.05) is 0 Å². The van der Waals surface area contributed by atoms with Crippen LogP contribution < -0.4 is 10.5 Å². The van der Waals surface area contributed by atoms with Crippen molar-refractivity contribution in [3.8, 4) is 17.2 Å². The molecule has 2 heterocycles. The Kier molecular flexibility index (Phi) is 4.61. The second-order valence-electron chi connectivity index (χ2n) is 5.39. The zero-order valence-electron chi connectivity index (χ0n) is 13.8. The van der Waals surface area contributed by atoms with Crippen molar-refractivity contribution in [2.75, 3.05) is 12.4 Å². The molecule has 0 bridgehead atoms. The minimum Gasteiger partial charge on any atom is -0.388 e. The van der Waals surface area contributed by atoms with Gasteiger partial charge in [-0.15, -0.1) is 5.10 Å². The van der Waals surface area contributed by atoms with Crippen LogP contribution in [0.1, 0.15) is 5.82 Å². The number of sulfonamides is 1. The van der Waals surface area contributed by atoms with Crippen LogP contribution in [0.2, 0.25) is 0 Å². The molecule has 3 aromatic rings. The molecule has 3 N–H and O–H groups in total. The molecule has 0 saturated heterocycles. The fourth-order valence-electron chi connectivity index (χ4n) is 2.23. The number of hydrogen-bond acceptors (Lipinski definition) is 6. The number of nitrogens with two attached hydrogens (primary N) is 1. The van der Waals surface area contributed by atoms with Crippen LogP contribution in [0.5, 0.6) is 0 Å². The highest BCUT2D eigenvalue weighted by molar-refractivity contribution is 7.89. The van der Waals surface area contributed by atoms with Gasteiger partial charge in [-0.3, -0.25) is 0 Å². The van der Waals surface area contributed by atoms with Crippen LogP contribution in [0.3, 0.4) is 0 Å². The monoisotopic (exact) mass is 398 g/mol. The Morgan fingerprint density at radius 3 is 2.26 bits per heavy atom. The lowest BCUT2D eigenvalue weighted by Gasteiger charge is -2.07. The van der Waals surface area contributed by atoms with E-state index in [-0.39, 0.29) is 16.5 Å². The predicted octanol–water partition coefficient (Wildman–Crippen LogP) is 2.04. The van der Waals surface area contributed by atoms with E-state index in [1.807, 2.05) is 0 Å². The lowest BCUT2D eigenvalue weighted by Crippen LogP contribution is -2.13. The molecule has 0 spiro atoms. The molecular weight excluding hydrogens is 385 g/mol. The summed E-state index contributed by atoms with van der Waals surface area (Å²) in [6, 6.07) is 8.80. The smallest absolute Gasteiger partial charge is 0.388 e. The van der Waals surface area contributed by atoms with Crippen LogP contribution in [0, 0.1) is 0 Å². The summed E-state index contributed by atoms with van der Waals surface area (Å²) in [6.07, 6.45) is -3.82. The molecule has 0 saturated carbocycles. The maximum Gasteiger partial charge on any atom is 0.453 e. The van der Waals surface area contributed by atoms with Crippen LogP contribution in [-0.4, -0.2) is 35.2 Å². The number of aromatic nitrogens is 4. The van der Waals surface area contributed by atoms with Crippen molar-refractivity contribution < 1.29 is 21.6 Å². The second-order valence-corrected chi connectivity index (χ2v) is 6.95. The summed E-state index contributed by atoms with van der Waals surface area (Å²) in [6.45, 7) is 0. The van der Waals surface area contributed by atoms with E-state index in [9.17, 15) is 21.6 Å². The topological polar surface area (TPSA) is 116 Å². The van der Waals surface area contributed by atoms with Gasteiger partial charge < -0.3 is 5.32 Å². The first-order valence-electron chi connectivity index (χ1n) is 7.41. The maximum absolute atomic E-state index is 13.1. The standard InChI is InChI=1S/C15H13F3N6O2S/c1-20-10-4-2-9(3-5-10)13-22-14(15(16,17)18)23-24(13)12-7-6-11(8-21-12)27(19,25)26/h2-8,20H,1H3,(H2,19,25,26). The molecule has 0 aliphatic rings. The number of rotatable bonds is 4. The van der Waals surface area contributed by atoms with Crippen molar-refractivity contribution in [2.45, 2.75) is 11.1 Å².